The summed E-state index contributed by atoms with van der Waals surface area (Å²) >= 11 is 8.23. The highest BCUT2D eigenvalue weighted by Crippen LogP contribution is 2.32. The van der Waals surface area contributed by atoms with Gasteiger partial charge in [-0.3, -0.25) is 17.5 Å². The summed E-state index contributed by atoms with van der Waals surface area (Å²) < 4.78 is 47.0. The van der Waals surface area contributed by atoms with Gasteiger partial charge in [0.2, 0.25) is 0 Å². The van der Waals surface area contributed by atoms with Gasteiger partial charge in [0.25, 0.3) is 18.1 Å². The predicted molar refractivity (Wildman–Crippen MR) is 124 cm³/mol. The summed E-state index contributed by atoms with van der Waals surface area (Å²) in [4.78, 5) is 0. The van der Waals surface area contributed by atoms with Crippen LogP contribution < -0.4 is 5.32 Å². The highest BCUT2D eigenvalue weighted by molar-refractivity contribution is 8.27. The number of allylic oxidation sites excluding steroid dienone is 1. The van der Waals surface area contributed by atoms with E-state index in [1.807, 2.05) is 0 Å². The average molecular weight is 484 g/mol. The molecule has 0 aromatic heterocycles. The minimum absolute atomic E-state index is 0.0818. The monoisotopic (exact) mass is 483 g/mol. The molecule has 0 amide bonds. The van der Waals surface area contributed by atoms with Gasteiger partial charge >= 0.3 is 0 Å². The molecule has 2 atom stereocenters. The Morgan fingerprint density at radius 3 is 1.93 bits per heavy atom. The Morgan fingerprint density at radius 2 is 1.45 bits per heavy atom. The second kappa shape index (κ2) is 11.7. The summed E-state index contributed by atoms with van der Waals surface area (Å²) in [5.74, 6) is 0. The van der Waals surface area contributed by atoms with Crippen LogP contribution in [0.2, 0.25) is 0 Å². The number of hydrogen-bond donors (Lipinski definition) is 3. The molecule has 0 aliphatic carbocycles. The maximum absolute atomic E-state index is 10.5. The van der Waals surface area contributed by atoms with E-state index < -0.39 is 18.1 Å². The number of rotatable bonds is 9. The fourth-order valence-corrected chi connectivity index (χ4v) is 3.89. The van der Waals surface area contributed by atoms with Crippen molar-refractivity contribution in [2.24, 2.45) is 0 Å². The van der Waals surface area contributed by atoms with Gasteiger partial charge in [-0.2, -0.15) is 8.42 Å². The number of anilines is 1. The van der Waals surface area contributed by atoms with E-state index in [9.17, 15) is 8.42 Å². The maximum atomic E-state index is 10.5. The Balaban J connectivity index is 0.000000294. The molecular formula is C18H29NO6S4. The number of benzene rings is 1. The van der Waals surface area contributed by atoms with Gasteiger partial charge in [-0.15, -0.1) is 0 Å². The molecule has 0 saturated carbocycles. The van der Waals surface area contributed by atoms with Crippen molar-refractivity contribution in [3.05, 3.63) is 35.9 Å². The lowest BCUT2D eigenvalue weighted by Crippen LogP contribution is -2.31. The van der Waals surface area contributed by atoms with Gasteiger partial charge in [-0.25, -0.2) is 0 Å². The largest absolute Gasteiger partial charge is 0.376 e. The van der Waals surface area contributed by atoms with E-state index in [-0.39, 0.29) is 18.8 Å². The summed E-state index contributed by atoms with van der Waals surface area (Å²) in [5, 5.41) is 3.49. The topological polar surface area (TPSA) is 105 Å². The molecule has 0 bridgehead atoms. The molecule has 1 aliphatic heterocycles. The second-order valence-electron chi connectivity index (χ2n) is 7.13. The van der Waals surface area contributed by atoms with Crippen LogP contribution in [0.3, 0.4) is 0 Å². The molecule has 29 heavy (non-hydrogen) atoms. The van der Waals surface area contributed by atoms with Crippen LogP contribution in [0, 0.1) is 0 Å². The number of unbranched alkanes of at least 4 members (excludes halogenated alkanes) is 3. The van der Waals surface area contributed by atoms with E-state index in [4.69, 9.17) is 9.11 Å². The summed E-state index contributed by atoms with van der Waals surface area (Å²) in [6.07, 6.45) is 4.96. The molecule has 2 unspecified atom stereocenters. The Kier molecular flexibility index (Phi) is 10.6. The fraction of sp³-hybridized carbons (Fsp3) is 0.556. The molecule has 0 radical (unpaired) electrons. The van der Waals surface area contributed by atoms with E-state index in [0.717, 1.165) is 12.8 Å². The third-order valence-corrected chi connectivity index (χ3v) is 5.40. The van der Waals surface area contributed by atoms with Crippen molar-refractivity contribution < 1.29 is 25.9 Å². The van der Waals surface area contributed by atoms with E-state index in [0.29, 0.717) is 12.8 Å². The first kappa shape index (κ1) is 26.4. The highest BCUT2D eigenvalue weighted by atomic mass is 32.9. The molecule has 0 fully saturated rings. The Hall–Kier alpha value is -0.660. The molecule has 0 saturated heterocycles. The zero-order chi connectivity index (χ0) is 22.1. The predicted octanol–water partition coefficient (Wildman–Crippen LogP) is 4.14. The van der Waals surface area contributed by atoms with Gasteiger partial charge < -0.3 is 5.32 Å². The van der Waals surface area contributed by atoms with Crippen molar-refractivity contribution in [2.75, 3.05) is 18.5 Å². The molecule has 11 heteroatoms. The van der Waals surface area contributed by atoms with Crippen molar-refractivity contribution in [1.29, 1.82) is 0 Å². The normalized spacial score (nSPS) is 18.7. The molecule has 1 aromatic carbocycles. The number of para-hydroxylation sites is 1. The summed E-state index contributed by atoms with van der Waals surface area (Å²) in [7, 11) is -7.03. The van der Waals surface area contributed by atoms with Crippen molar-refractivity contribution in [1.82, 2.24) is 0 Å². The maximum Gasteiger partial charge on any atom is 0.266 e. The lowest BCUT2D eigenvalue weighted by Gasteiger charge is -2.31. The molecule has 0 spiro atoms. The zero-order valence-corrected chi connectivity index (χ0v) is 20.1. The van der Waals surface area contributed by atoms with Crippen LogP contribution in [0.15, 0.2) is 30.3 Å². The van der Waals surface area contributed by atoms with Crippen LogP contribution in [-0.4, -0.2) is 36.3 Å². The number of fused-ring (bicyclic) bond motifs is 1. The van der Waals surface area contributed by atoms with Crippen LogP contribution in [-0.2, 0) is 48.8 Å². The minimum Gasteiger partial charge on any atom is -0.376 e. The van der Waals surface area contributed by atoms with Gasteiger partial charge in [0.15, 0.2) is 0 Å². The first-order chi connectivity index (χ1) is 13.3. The first-order valence-corrected chi connectivity index (χ1v) is 13.8. The van der Waals surface area contributed by atoms with E-state index in [1.165, 1.54) is 16.8 Å². The van der Waals surface area contributed by atoms with Crippen molar-refractivity contribution in [3.8, 4) is 0 Å². The summed E-state index contributed by atoms with van der Waals surface area (Å²) in [6.45, 7) is 6.79. The zero-order valence-electron chi connectivity index (χ0n) is 16.8. The average Bonchev–Trinajstić information content (AvgIpc) is 2.55. The van der Waals surface area contributed by atoms with Gasteiger partial charge in [-0.05, 0) is 45.3 Å². The quantitative estimate of drug-likeness (QED) is 0.447. The van der Waals surface area contributed by atoms with E-state index in [1.54, 1.807) is 0 Å². The third kappa shape index (κ3) is 12.6. The molecule has 1 heterocycles. The van der Waals surface area contributed by atoms with Gasteiger partial charge in [0.1, 0.15) is 0 Å². The lowest BCUT2D eigenvalue weighted by atomic mass is 9.91. The standard InChI is InChI=1S/C12H15N.C6H14O6S4/c1-9-8-12(2,3)13-11-7-5-4-6-10(9)11;7-15(8,13)11-5-3-1-2-4-6-12-16(9,10)14/h4-8,13H,1-3H3;1-6H2,(H,7,8,13)(H,9,10,14). The molecule has 166 valence electrons. The first-order valence-electron chi connectivity index (χ1n) is 9.10. The second-order valence-corrected chi connectivity index (χ2v) is 11.8. The highest BCUT2D eigenvalue weighted by Gasteiger charge is 2.21. The Morgan fingerprint density at radius 1 is 0.966 bits per heavy atom. The SMILES string of the molecule is CC1=CC(C)(C)Nc2ccccc21.O=S(O)(=S)OCCCCCCOS(=O)(O)=S. The van der Waals surface area contributed by atoms with E-state index in [2.05, 4.69) is 87.2 Å². The molecule has 7 nitrogen and oxygen atoms in total. The van der Waals surface area contributed by atoms with Gasteiger partial charge in [-0.1, -0.05) is 37.1 Å². The Labute approximate surface area is 183 Å². The van der Waals surface area contributed by atoms with Crippen LogP contribution in [0.25, 0.3) is 5.57 Å². The molecule has 1 aliphatic rings. The van der Waals surface area contributed by atoms with Gasteiger partial charge in [0, 0.05) is 33.6 Å². The lowest BCUT2D eigenvalue weighted by molar-refractivity contribution is 0.279. The smallest absolute Gasteiger partial charge is 0.266 e. The number of hydrogen-bond acceptors (Lipinski definition) is 7. The van der Waals surface area contributed by atoms with Crippen molar-refractivity contribution in [2.45, 2.75) is 52.0 Å². The van der Waals surface area contributed by atoms with Crippen molar-refractivity contribution in [3.63, 3.8) is 0 Å². The molecule has 3 N–H and O–H groups in total. The van der Waals surface area contributed by atoms with Crippen LogP contribution in [0.4, 0.5) is 5.69 Å². The van der Waals surface area contributed by atoms with Crippen LogP contribution in [0.5, 0.6) is 0 Å². The van der Waals surface area contributed by atoms with E-state index >= 15 is 0 Å². The Bertz CT molecular complexity index is 857. The molecule has 1 aromatic rings. The van der Waals surface area contributed by atoms with Crippen LogP contribution >= 0.6 is 0 Å². The number of nitrogens with one attached hydrogen (secondary N) is 1. The molecular weight excluding hydrogens is 454 g/mol. The fourth-order valence-electron chi connectivity index (χ4n) is 2.82. The summed E-state index contributed by atoms with van der Waals surface area (Å²) in [6, 6.07) is 8.44. The summed E-state index contributed by atoms with van der Waals surface area (Å²) in [5.41, 5.74) is 4.01. The molecule has 2 rings (SSSR count). The minimum atomic E-state index is -3.52. The van der Waals surface area contributed by atoms with Crippen LogP contribution in [0.1, 0.15) is 52.0 Å². The van der Waals surface area contributed by atoms with Crippen molar-refractivity contribution >= 4 is 51.7 Å². The van der Waals surface area contributed by atoms with Gasteiger partial charge in [0.05, 0.1) is 18.8 Å². The third-order valence-electron chi connectivity index (χ3n) is 3.89.